The summed E-state index contributed by atoms with van der Waals surface area (Å²) < 4.78 is 0. The van der Waals surface area contributed by atoms with Gasteiger partial charge in [-0.15, -0.1) is 11.8 Å². The third-order valence-corrected chi connectivity index (χ3v) is 4.53. The van der Waals surface area contributed by atoms with Crippen molar-refractivity contribution in [2.24, 2.45) is 0 Å². The van der Waals surface area contributed by atoms with E-state index in [0.29, 0.717) is 16.8 Å². The van der Waals surface area contributed by atoms with E-state index in [-0.39, 0.29) is 17.5 Å². The molecular formula is C14H9N3O3S. The maximum Gasteiger partial charge on any atom is 0.313 e. The average Bonchev–Trinajstić information content (AvgIpc) is 2.49. The number of aromatic amines is 2. The van der Waals surface area contributed by atoms with Crippen LogP contribution in [0.5, 0.6) is 0 Å². The fraction of sp³-hybridized carbons (Fsp3) is 0.143. The van der Waals surface area contributed by atoms with Gasteiger partial charge < -0.3 is 9.97 Å². The van der Waals surface area contributed by atoms with Gasteiger partial charge in [0, 0.05) is 28.8 Å². The van der Waals surface area contributed by atoms with Crippen molar-refractivity contribution in [1.82, 2.24) is 9.97 Å². The van der Waals surface area contributed by atoms with E-state index < -0.39 is 11.1 Å². The number of fused-ring (bicyclic) bond motifs is 1. The van der Waals surface area contributed by atoms with Gasteiger partial charge in [0.15, 0.2) is 5.78 Å². The summed E-state index contributed by atoms with van der Waals surface area (Å²) in [4.78, 5) is 40.3. The number of nitrogens with zero attached hydrogens (tertiary/aromatic N) is 1. The fourth-order valence-electron chi connectivity index (χ4n) is 2.17. The Morgan fingerprint density at radius 3 is 2.76 bits per heavy atom. The van der Waals surface area contributed by atoms with Crippen LogP contribution in [0.15, 0.2) is 38.9 Å². The Balaban J connectivity index is 2.00. The summed E-state index contributed by atoms with van der Waals surface area (Å²) in [6, 6.07) is 6.96. The van der Waals surface area contributed by atoms with Crippen LogP contribution in [0.1, 0.15) is 33.3 Å². The molecule has 0 radical (unpaired) electrons. The van der Waals surface area contributed by atoms with Crippen LogP contribution in [-0.2, 0) is 0 Å². The molecule has 0 aliphatic carbocycles. The molecule has 2 N–H and O–H groups in total. The van der Waals surface area contributed by atoms with E-state index in [1.807, 2.05) is 6.07 Å². The predicted molar refractivity (Wildman–Crippen MR) is 76.4 cm³/mol. The number of hydrogen-bond acceptors (Lipinski definition) is 5. The molecule has 0 amide bonds. The lowest BCUT2D eigenvalue weighted by Gasteiger charge is -2.22. The normalized spacial score (nSPS) is 17.1. The Labute approximate surface area is 122 Å². The molecular weight excluding hydrogens is 290 g/mol. The van der Waals surface area contributed by atoms with Crippen LogP contribution < -0.4 is 11.1 Å². The summed E-state index contributed by atoms with van der Waals surface area (Å²) >= 11 is 1.43. The van der Waals surface area contributed by atoms with Crippen LogP contribution in [-0.4, -0.2) is 15.8 Å². The highest BCUT2D eigenvalue weighted by Gasteiger charge is 2.28. The number of Topliss-reactive ketones (excluding diaryl/α,β-unsaturated/α-hetero) is 1. The molecule has 2 heterocycles. The van der Waals surface area contributed by atoms with Gasteiger partial charge in [-0.05, 0) is 18.2 Å². The van der Waals surface area contributed by atoms with Crippen molar-refractivity contribution in [3.63, 3.8) is 0 Å². The first-order valence-electron chi connectivity index (χ1n) is 6.14. The Morgan fingerprint density at radius 2 is 2.05 bits per heavy atom. The summed E-state index contributed by atoms with van der Waals surface area (Å²) in [6.07, 6.45) is 1.62. The average molecular weight is 299 g/mol. The van der Waals surface area contributed by atoms with Crippen molar-refractivity contribution in [2.75, 3.05) is 0 Å². The van der Waals surface area contributed by atoms with Crippen molar-refractivity contribution in [1.29, 1.82) is 5.26 Å². The Bertz CT molecular complexity index is 891. The molecule has 1 aliphatic rings. The Morgan fingerprint density at radius 1 is 1.24 bits per heavy atom. The molecule has 1 unspecified atom stereocenters. The SMILES string of the molecule is N#Cc1ccc2c(c1)C(=O)CC(c1c[nH]c(=O)c(=O)[nH]1)S2. The molecule has 0 bridgehead atoms. The largest absolute Gasteiger partial charge is 0.323 e. The van der Waals surface area contributed by atoms with Crippen LogP contribution in [0.4, 0.5) is 0 Å². The highest BCUT2D eigenvalue weighted by Crippen LogP contribution is 2.43. The zero-order chi connectivity index (χ0) is 15.0. The van der Waals surface area contributed by atoms with Crippen LogP contribution >= 0.6 is 11.8 Å². The molecule has 1 aliphatic heterocycles. The summed E-state index contributed by atoms with van der Waals surface area (Å²) in [6.45, 7) is 0. The van der Waals surface area contributed by atoms with Crippen molar-refractivity contribution >= 4 is 17.5 Å². The molecule has 104 valence electrons. The minimum absolute atomic E-state index is 0.0853. The highest BCUT2D eigenvalue weighted by atomic mass is 32.2. The number of carbonyl (C=O) groups excluding carboxylic acids is 1. The van der Waals surface area contributed by atoms with Crippen LogP contribution in [0, 0.1) is 11.3 Å². The highest BCUT2D eigenvalue weighted by molar-refractivity contribution is 7.99. The Hall–Kier alpha value is -2.59. The van der Waals surface area contributed by atoms with Crippen molar-refractivity contribution in [2.45, 2.75) is 16.6 Å². The first-order valence-corrected chi connectivity index (χ1v) is 7.02. The minimum Gasteiger partial charge on any atom is -0.323 e. The molecule has 21 heavy (non-hydrogen) atoms. The van der Waals surface area contributed by atoms with Gasteiger partial charge in [0.25, 0.3) is 0 Å². The number of rotatable bonds is 1. The first kappa shape index (κ1) is 13.4. The number of benzene rings is 1. The molecule has 0 saturated carbocycles. The lowest BCUT2D eigenvalue weighted by atomic mass is 10.0. The van der Waals surface area contributed by atoms with Crippen LogP contribution in [0.2, 0.25) is 0 Å². The third-order valence-electron chi connectivity index (χ3n) is 3.22. The number of nitriles is 1. The van der Waals surface area contributed by atoms with E-state index >= 15 is 0 Å². The second-order valence-electron chi connectivity index (χ2n) is 4.58. The number of thioether (sulfide) groups is 1. The minimum atomic E-state index is -0.730. The molecule has 7 heteroatoms. The van der Waals surface area contributed by atoms with Gasteiger partial charge in [0.2, 0.25) is 0 Å². The number of carbonyl (C=O) groups is 1. The number of aromatic nitrogens is 2. The van der Waals surface area contributed by atoms with Crippen LogP contribution in [0.3, 0.4) is 0 Å². The number of ketones is 1. The summed E-state index contributed by atoms with van der Waals surface area (Å²) in [5, 5.41) is 8.61. The van der Waals surface area contributed by atoms with Gasteiger partial charge in [-0.3, -0.25) is 14.4 Å². The standard InChI is InChI=1S/C14H9N3O3S/c15-5-7-1-2-11-8(3-7)10(18)4-12(21-11)9-6-16-13(19)14(20)17-9/h1-3,6,12H,4H2,(H,16,19)(H,17,20). The maximum absolute atomic E-state index is 12.2. The van der Waals surface area contributed by atoms with Gasteiger partial charge in [-0.2, -0.15) is 5.26 Å². The number of hydrogen-bond donors (Lipinski definition) is 2. The number of nitrogens with one attached hydrogen (secondary N) is 2. The van der Waals surface area contributed by atoms with Crippen LogP contribution in [0.25, 0.3) is 0 Å². The Kier molecular flexibility index (Phi) is 3.23. The molecule has 1 aromatic heterocycles. The second kappa shape index (κ2) is 5.07. The monoisotopic (exact) mass is 299 g/mol. The molecule has 0 spiro atoms. The maximum atomic E-state index is 12.2. The van der Waals surface area contributed by atoms with Gasteiger partial charge in [0.1, 0.15) is 0 Å². The van der Waals surface area contributed by atoms with E-state index in [0.717, 1.165) is 4.90 Å². The van der Waals surface area contributed by atoms with E-state index in [9.17, 15) is 14.4 Å². The quantitative estimate of drug-likeness (QED) is 0.773. The first-order chi connectivity index (χ1) is 10.1. The topological polar surface area (TPSA) is 107 Å². The molecule has 6 nitrogen and oxygen atoms in total. The molecule has 1 aromatic carbocycles. The van der Waals surface area contributed by atoms with Gasteiger partial charge in [-0.25, -0.2) is 0 Å². The third kappa shape index (κ3) is 2.41. The summed E-state index contributed by atoms with van der Waals surface area (Å²) in [7, 11) is 0. The predicted octanol–water partition coefficient (Wildman–Crippen LogP) is 1.35. The fourth-order valence-corrected chi connectivity index (χ4v) is 3.41. The molecule has 1 atom stereocenters. The van der Waals surface area contributed by atoms with Gasteiger partial charge in [0.05, 0.1) is 16.9 Å². The van der Waals surface area contributed by atoms with E-state index in [1.165, 1.54) is 18.0 Å². The lowest BCUT2D eigenvalue weighted by molar-refractivity contribution is 0.0976. The van der Waals surface area contributed by atoms with E-state index in [1.54, 1.807) is 18.2 Å². The van der Waals surface area contributed by atoms with Crippen molar-refractivity contribution in [3.8, 4) is 6.07 Å². The zero-order valence-electron chi connectivity index (χ0n) is 10.7. The number of H-pyrrole nitrogens is 2. The van der Waals surface area contributed by atoms with Crippen molar-refractivity contribution < 1.29 is 4.79 Å². The van der Waals surface area contributed by atoms with E-state index in [4.69, 9.17) is 5.26 Å². The van der Waals surface area contributed by atoms with E-state index in [2.05, 4.69) is 9.97 Å². The molecule has 2 aromatic rings. The smallest absolute Gasteiger partial charge is 0.313 e. The second-order valence-corrected chi connectivity index (χ2v) is 5.83. The molecule has 3 rings (SSSR count). The zero-order valence-corrected chi connectivity index (χ0v) is 11.5. The van der Waals surface area contributed by atoms with Gasteiger partial charge in [-0.1, -0.05) is 0 Å². The van der Waals surface area contributed by atoms with Crippen molar-refractivity contribution in [3.05, 3.63) is 61.9 Å². The van der Waals surface area contributed by atoms with Gasteiger partial charge >= 0.3 is 11.1 Å². The molecule has 0 fully saturated rings. The lowest BCUT2D eigenvalue weighted by Crippen LogP contribution is -2.30. The summed E-state index contributed by atoms with van der Waals surface area (Å²) in [5.41, 5.74) is 0.0322. The summed E-state index contributed by atoms with van der Waals surface area (Å²) in [5.74, 6) is -0.0853. The molecule has 0 saturated heterocycles.